The fourth-order valence-electron chi connectivity index (χ4n) is 2.36. The van der Waals surface area contributed by atoms with Crippen LogP contribution in [0.5, 0.6) is 0 Å². The van der Waals surface area contributed by atoms with E-state index in [0.29, 0.717) is 0 Å². The standard InChI is InChI=1S/C14H7ClO5S/c15-7-5-10-12(11(6-7)21(18,19)20)14(17)9-4-2-1-3-8(9)13(10)16/h1-6H,(H,18,19,20). The molecule has 0 radical (unpaired) electrons. The third kappa shape index (κ3) is 2.08. The normalized spacial score (nSPS) is 13.8. The van der Waals surface area contributed by atoms with Crippen LogP contribution in [0, 0.1) is 0 Å². The molecule has 0 heterocycles. The molecule has 0 atom stereocenters. The van der Waals surface area contributed by atoms with E-state index in [1.807, 2.05) is 0 Å². The Morgan fingerprint density at radius 1 is 0.905 bits per heavy atom. The average Bonchev–Trinajstić information content (AvgIpc) is 2.43. The van der Waals surface area contributed by atoms with Gasteiger partial charge in [0.15, 0.2) is 11.6 Å². The molecule has 7 heteroatoms. The first-order valence-electron chi connectivity index (χ1n) is 5.80. The van der Waals surface area contributed by atoms with Gasteiger partial charge in [-0.2, -0.15) is 8.42 Å². The molecule has 1 aliphatic rings. The van der Waals surface area contributed by atoms with Gasteiger partial charge in [-0.05, 0) is 12.1 Å². The minimum atomic E-state index is -4.68. The highest BCUT2D eigenvalue weighted by Crippen LogP contribution is 2.33. The number of fused-ring (bicyclic) bond motifs is 2. The molecule has 2 aromatic rings. The Bertz CT molecular complexity index is 915. The number of halogens is 1. The van der Waals surface area contributed by atoms with Crippen molar-refractivity contribution in [2.45, 2.75) is 4.90 Å². The van der Waals surface area contributed by atoms with E-state index in [4.69, 9.17) is 11.6 Å². The fourth-order valence-corrected chi connectivity index (χ4v) is 3.38. The Labute approximate surface area is 124 Å². The van der Waals surface area contributed by atoms with Crippen LogP contribution in [0.15, 0.2) is 41.3 Å². The van der Waals surface area contributed by atoms with Crippen LogP contribution in [0.3, 0.4) is 0 Å². The smallest absolute Gasteiger partial charge is 0.289 e. The molecule has 0 unspecified atom stereocenters. The second-order valence-corrected chi connectivity index (χ2v) is 6.33. The molecule has 0 amide bonds. The second kappa shape index (κ2) is 4.49. The van der Waals surface area contributed by atoms with Crippen molar-refractivity contribution in [3.8, 4) is 0 Å². The predicted molar refractivity (Wildman–Crippen MR) is 74.6 cm³/mol. The maximum absolute atomic E-state index is 12.5. The number of hydrogen-bond acceptors (Lipinski definition) is 4. The summed E-state index contributed by atoms with van der Waals surface area (Å²) >= 11 is 5.79. The number of carbonyl (C=O) groups excluding carboxylic acids is 2. The van der Waals surface area contributed by atoms with Crippen LogP contribution >= 0.6 is 11.6 Å². The van der Waals surface area contributed by atoms with E-state index >= 15 is 0 Å². The van der Waals surface area contributed by atoms with Crippen molar-refractivity contribution < 1.29 is 22.6 Å². The van der Waals surface area contributed by atoms with Gasteiger partial charge < -0.3 is 0 Å². The van der Waals surface area contributed by atoms with Gasteiger partial charge in [-0.15, -0.1) is 0 Å². The number of hydrogen-bond donors (Lipinski definition) is 1. The number of benzene rings is 2. The van der Waals surface area contributed by atoms with Gasteiger partial charge in [0, 0.05) is 21.7 Å². The van der Waals surface area contributed by atoms with E-state index in [1.54, 1.807) is 12.1 Å². The van der Waals surface area contributed by atoms with Crippen LogP contribution < -0.4 is 0 Å². The van der Waals surface area contributed by atoms with Crippen LogP contribution in [-0.2, 0) is 10.1 Å². The summed E-state index contributed by atoms with van der Waals surface area (Å²) in [7, 11) is -4.68. The molecule has 0 bridgehead atoms. The van der Waals surface area contributed by atoms with Gasteiger partial charge in [0.25, 0.3) is 10.1 Å². The highest BCUT2D eigenvalue weighted by atomic mass is 35.5. The van der Waals surface area contributed by atoms with Gasteiger partial charge in [-0.25, -0.2) is 0 Å². The maximum atomic E-state index is 12.5. The molecule has 0 spiro atoms. The average molecular weight is 323 g/mol. The maximum Gasteiger partial charge on any atom is 0.295 e. The van der Waals surface area contributed by atoms with Crippen molar-refractivity contribution in [1.82, 2.24) is 0 Å². The lowest BCUT2D eigenvalue weighted by molar-refractivity contribution is 0.0976. The zero-order chi connectivity index (χ0) is 15.4. The van der Waals surface area contributed by atoms with Crippen molar-refractivity contribution in [3.05, 3.63) is 63.7 Å². The van der Waals surface area contributed by atoms with Crippen LogP contribution in [0.2, 0.25) is 5.02 Å². The molecule has 21 heavy (non-hydrogen) atoms. The van der Waals surface area contributed by atoms with Crippen molar-refractivity contribution >= 4 is 33.3 Å². The molecule has 1 N–H and O–H groups in total. The topological polar surface area (TPSA) is 88.5 Å². The molecule has 0 saturated heterocycles. The first-order valence-corrected chi connectivity index (χ1v) is 7.62. The Kier molecular flexibility index (Phi) is 2.98. The highest BCUT2D eigenvalue weighted by Gasteiger charge is 2.34. The van der Waals surface area contributed by atoms with Gasteiger partial charge in [0.2, 0.25) is 0 Å². The fraction of sp³-hybridized carbons (Fsp3) is 0. The Hall–Kier alpha value is -2.02. The molecule has 0 aliphatic heterocycles. The molecule has 1 aliphatic carbocycles. The Balaban J connectivity index is 2.44. The summed E-state index contributed by atoms with van der Waals surface area (Å²) < 4.78 is 32.2. The number of ketones is 2. The summed E-state index contributed by atoms with van der Waals surface area (Å²) in [6.45, 7) is 0. The molecule has 5 nitrogen and oxygen atoms in total. The predicted octanol–water partition coefficient (Wildman–Crippen LogP) is 2.36. The zero-order valence-electron chi connectivity index (χ0n) is 10.3. The molecule has 0 fully saturated rings. The highest BCUT2D eigenvalue weighted by molar-refractivity contribution is 7.86. The minimum Gasteiger partial charge on any atom is -0.289 e. The lowest BCUT2D eigenvalue weighted by atomic mass is 9.84. The van der Waals surface area contributed by atoms with Crippen LogP contribution in [-0.4, -0.2) is 24.5 Å². The van der Waals surface area contributed by atoms with E-state index in [-0.39, 0.29) is 27.3 Å². The number of rotatable bonds is 1. The lowest BCUT2D eigenvalue weighted by Crippen LogP contribution is -2.23. The summed E-state index contributed by atoms with van der Waals surface area (Å²) in [5.74, 6) is -1.14. The summed E-state index contributed by atoms with van der Waals surface area (Å²) in [5.41, 5.74) is -0.190. The Morgan fingerprint density at radius 3 is 2.05 bits per heavy atom. The molecule has 0 saturated carbocycles. The Morgan fingerprint density at radius 2 is 1.48 bits per heavy atom. The van der Waals surface area contributed by atoms with E-state index < -0.39 is 26.6 Å². The van der Waals surface area contributed by atoms with Gasteiger partial charge in [0.05, 0.1) is 5.56 Å². The van der Waals surface area contributed by atoms with E-state index in [2.05, 4.69) is 0 Å². The van der Waals surface area contributed by atoms with Gasteiger partial charge in [-0.3, -0.25) is 14.1 Å². The van der Waals surface area contributed by atoms with Gasteiger partial charge >= 0.3 is 0 Å². The molecule has 2 aromatic carbocycles. The number of carbonyl (C=O) groups is 2. The van der Waals surface area contributed by atoms with Gasteiger partial charge in [0.1, 0.15) is 4.90 Å². The quantitative estimate of drug-likeness (QED) is 0.695. The van der Waals surface area contributed by atoms with Crippen LogP contribution in [0.1, 0.15) is 31.8 Å². The summed E-state index contributed by atoms with van der Waals surface area (Å²) in [6, 6.07) is 8.26. The summed E-state index contributed by atoms with van der Waals surface area (Å²) in [5, 5.41) is -0.0538. The molecule has 0 aromatic heterocycles. The largest absolute Gasteiger partial charge is 0.295 e. The van der Waals surface area contributed by atoms with E-state index in [9.17, 15) is 22.6 Å². The minimum absolute atomic E-state index is 0.0538. The van der Waals surface area contributed by atoms with E-state index in [1.165, 1.54) is 18.2 Å². The van der Waals surface area contributed by atoms with Crippen molar-refractivity contribution in [2.75, 3.05) is 0 Å². The van der Waals surface area contributed by atoms with Crippen molar-refractivity contribution in [2.24, 2.45) is 0 Å². The molecular weight excluding hydrogens is 316 g/mol. The van der Waals surface area contributed by atoms with Crippen molar-refractivity contribution in [1.29, 1.82) is 0 Å². The molecule has 3 rings (SSSR count). The first kappa shape index (κ1) is 13.9. The molecule has 106 valence electrons. The third-order valence-corrected chi connectivity index (χ3v) is 4.33. The summed E-state index contributed by atoms with van der Waals surface area (Å²) in [4.78, 5) is 24.2. The van der Waals surface area contributed by atoms with E-state index in [0.717, 1.165) is 6.07 Å². The monoisotopic (exact) mass is 322 g/mol. The van der Waals surface area contributed by atoms with Crippen molar-refractivity contribution in [3.63, 3.8) is 0 Å². The lowest BCUT2D eigenvalue weighted by Gasteiger charge is -2.19. The zero-order valence-corrected chi connectivity index (χ0v) is 11.9. The first-order chi connectivity index (χ1) is 9.80. The molecular formula is C14H7ClO5S. The van der Waals surface area contributed by atoms with Gasteiger partial charge in [-0.1, -0.05) is 35.9 Å². The SMILES string of the molecule is O=C1c2ccccc2C(=O)c2c1cc(Cl)cc2S(=O)(=O)O. The van der Waals surface area contributed by atoms with Crippen LogP contribution in [0.4, 0.5) is 0 Å². The third-order valence-electron chi connectivity index (χ3n) is 3.23. The van der Waals surface area contributed by atoms with Crippen LogP contribution in [0.25, 0.3) is 0 Å². The second-order valence-electron chi connectivity index (χ2n) is 4.51. The summed E-state index contributed by atoms with van der Waals surface area (Å²) in [6.07, 6.45) is 0.